The number of nitrogens with two attached hydrogens (primary N) is 1. The first-order valence-corrected chi connectivity index (χ1v) is 4.76. The van der Waals surface area contributed by atoms with E-state index in [1.54, 1.807) is 0 Å². The van der Waals surface area contributed by atoms with Crippen LogP contribution in [0.25, 0.3) is 0 Å². The topological polar surface area (TPSA) is 35.2 Å². The van der Waals surface area contributed by atoms with E-state index >= 15 is 0 Å². The molecule has 72 valence electrons. The Morgan fingerprint density at radius 1 is 1.31 bits per heavy atom. The van der Waals surface area contributed by atoms with Crippen LogP contribution in [0.2, 0.25) is 0 Å². The van der Waals surface area contributed by atoms with Gasteiger partial charge in [-0.3, -0.25) is 0 Å². The van der Waals surface area contributed by atoms with E-state index in [0.717, 1.165) is 25.0 Å². The number of rotatable bonds is 5. The molecule has 0 saturated carbocycles. The van der Waals surface area contributed by atoms with Gasteiger partial charge in [-0.25, -0.2) is 0 Å². The Balaban J connectivity index is 2.35. The van der Waals surface area contributed by atoms with E-state index < -0.39 is 0 Å². The van der Waals surface area contributed by atoms with Gasteiger partial charge in [0, 0.05) is 6.61 Å². The van der Waals surface area contributed by atoms with Crippen molar-refractivity contribution >= 4 is 0 Å². The fraction of sp³-hybridized carbons (Fsp3) is 0.455. The van der Waals surface area contributed by atoms with Gasteiger partial charge < -0.3 is 10.5 Å². The van der Waals surface area contributed by atoms with Gasteiger partial charge in [-0.15, -0.1) is 0 Å². The zero-order valence-electron chi connectivity index (χ0n) is 8.07. The molecule has 2 heteroatoms. The molecule has 2 nitrogen and oxygen atoms in total. The fourth-order valence-corrected chi connectivity index (χ4v) is 1.09. The molecule has 1 unspecified atom stereocenters. The van der Waals surface area contributed by atoms with E-state index in [1.165, 1.54) is 0 Å². The maximum absolute atomic E-state index is 5.81. The molecule has 1 aromatic carbocycles. The van der Waals surface area contributed by atoms with Crippen molar-refractivity contribution in [3.8, 4) is 0 Å². The summed E-state index contributed by atoms with van der Waals surface area (Å²) in [5.74, 6) is 0. The van der Waals surface area contributed by atoms with E-state index in [-0.39, 0.29) is 6.23 Å². The summed E-state index contributed by atoms with van der Waals surface area (Å²) in [6.07, 6.45) is 1.94. The molecule has 1 aromatic rings. The second-order valence-electron chi connectivity index (χ2n) is 3.06. The van der Waals surface area contributed by atoms with Crippen LogP contribution in [-0.2, 0) is 4.74 Å². The van der Waals surface area contributed by atoms with Crippen LogP contribution in [0.3, 0.4) is 0 Å². The van der Waals surface area contributed by atoms with Crippen LogP contribution in [0.4, 0.5) is 0 Å². The zero-order chi connectivity index (χ0) is 9.52. The highest BCUT2D eigenvalue weighted by Gasteiger charge is 2.03. The minimum Gasteiger partial charge on any atom is -0.359 e. The summed E-state index contributed by atoms with van der Waals surface area (Å²) in [4.78, 5) is 0. The Labute approximate surface area is 79.7 Å². The van der Waals surface area contributed by atoms with Crippen molar-refractivity contribution in [1.29, 1.82) is 0 Å². The lowest BCUT2D eigenvalue weighted by Crippen LogP contribution is -2.14. The summed E-state index contributed by atoms with van der Waals surface area (Å²) in [6, 6.07) is 9.88. The third kappa shape index (κ3) is 3.57. The van der Waals surface area contributed by atoms with E-state index in [0.29, 0.717) is 0 Å². The number of hydrogen-bond donors (Lipinski definition) is 1. The highest BCUT2D eigenvalue weighted by molar-refractivity contribution is 5.16. The van der Waals surface area contributed by atoms with Crippen molar-refractivity contribution in [2.75, 3.05) is 6.61 Å². The van der Waals surface area contributed by atoms with Gasteiger partial charge in [0.15, 0.2) is 0 Å². The van der Waals surface area contributed by atoms with Gasteiger partial charge in [-0.1, -0.05) is 43.7 Å². The van der Waals surface area contributed by atoms with Crippen molar-refractivity contribution in [2.24, 2.45) is 5.73 Å². The summed E-state index contributed by atoms with van der Waals surface area (Å²) in [5.41, 5.74) is 6.85. The quantitative estimate of drug-likeness (QED) is 0.556. The van der Waals surface area contributed by atoms with Gasteiger partial charge in [0.1, 0.15) is 6.23 Å². The molecule has 0 aliphatic heterocycles. The average molecular weight is 179 g/mol. The van der Waals surface area contributed by atoms with Gasteiger partial charge in [-0.05, 0) is 12.0 Å². The fourth-order valence-electron chi connectivity index (χ4n) is 1.09. The SMILES string of the molecule is CCCCOC(N)c1ccccc1. The molecular weight excluding hydrogens is 162 g/mol. The standard InChI is InChI=1S/C11H17NO/c1-2-3-9-13-11(12)10-7-5-4-6-8-10/h4-8,11H,2-3,9,12H2,1H3. The molecule has 1 rings (SSSR count). The predicted molar refractivity (Wildman–Crippen MR) is 54.2 cm³/mol. The highest BCUT2D eigenvalue weighted by atomic mass is 16.5. The molecular formula is C11H17NO. The van der Waals surface area contributed by atoms with E-state index in [1.807, 2.05) is 30.3 Å². The Hall–Kier alpha value is -0.860. The van der Waals surface area contributed by atoms with Gasteiger partial charge in [0.05, 0.1) is 0 Å². The molecule has 0 bridgehead atoms. The number of benzene rings is 1. The lowest BCUT2D eigenvalue weighted by Gasteiger charge is -2.12. The van der Waals surface area contributed by atoms with E-state index in [2.05, 4.69) is 6.92 Å². The minimum absolute atomic E-state index is 0.271. The maximum Gasteiger partial charge on any atom is 0.131 e. The van der Waals surface area contributed by atoms with Crippen molar-refractivity contribution in [1.82, 2.24) is 0 Å². The average Bonchev–Trinajstić information content (AvgIpc) is 2.19. The molecule has 0 aromatic heterocycles. The second-order valence-corrected chi connectivity index (χ2v) is 3.06. The maximum atomic E-state index is 5.81. The van der Waals surface area contributed by atoms with Gasteiger partial charge >= 0.3 is 0 Å². The highest BCUT2D eigenvalue weighted by Crippen LogP contribution is 2.10. The van der Waals surface area contributed by atoms with Crippen molar-refractivity contribution in [3.05, 3.63) is 35.9 Å². The molecule has 0 aliphatic carbocycles. The monoisotopic (exact) mass is 179 g/mol. The van der Waals surface area contributed by atoms with Crippen LogP contribution in [0.5, 0.6) is 0 Å². The lowest BCUT2D eigenvalue weighted by atomic mass is 10.2. The molecule has 0 amide bonds. The van der Waals surface area contributed by atoms with Crippen molar-refractivity contribution < 1.29 is 4.74 Å². The van der Waals surface area contributed by atoms with E-state index in [9.17, 15) is 0 Å². The number of hydrogen-bond acceptors (Lipinski definition) is 2. The van der Waals surface area contributed by atoms with Crippen molar-refractivity contribution in [3.63, 3.8) is 0 Å². The molecule has 0 heterocycles. The molecule has 0 saturated heterocycles. The smallest absolute Gasteiger partial charge is 0.131 e. The third-order valence-corrected chi connectivity index (χ3v) is 1.92. The van der Waals surface area contributed by atoms with Gasteiger partial charge in [-0.2, -0.15) is 0 Å². The van der Waals surface area contributed by atoms with Crippen LogP contribution in [0.15, 0.2) is 30.3 Å². The molecule has 0 fully saturated rings. The molecule has 0 spiro atoms. The minimum atomic E-state index is -0.271. The first-order valence-electron chi connectivity index (χ1n) is 4.76. The first-order chi connectivity index (χ1) is 6.34. The van der Waals surface area contributed by atoms with Crippen LogP contribution >= 0.6 is 0 Å². The third-order valence-electron chi connectivity index (χ3n) is 1.92. The second kappa shape index (κ2) is 5.73. The van der Waals surface area contributed by atoms with E-state index in [4.69, 9.17) is 10.5 Å². The number of unbranched alkanes of at least 4 members (excludes halogenated alkanes) is 1. The molecule has 13 heavy (non-hydrogen) atoms. The predicted octanol–water partition coefficient (Wildman–Crippen LogP) is 2.46. The Morgan fingerprint density at radius 2 is 2.00 bits per heavy atom. The molecule has 1 atom stereocenters. The van der Waals surface area contributed by atoms with Crippen LogP contribution in [-0.4, -0.2) is 6.61 Å². The van der Waals surface area contributed by atoms with Gasteiger partial charge in [0.25, 0.3) is 0 Å². The van der Waals surface area contributed by atoms with Crippen LogP contribution in [0, 0.1) is 0 Å². The van der Waals surface area contributed by atoms with Crippen molar-refractivity contribution in [2.45, 2.75) is 26.0 Å². The summed E-state index contributed by atoms with van der Waals surface area (Å²) < 4.78 is 5.45. The summed E-state index contributed by atoms with van der Waals surface area (Å²) >= 11 is 0. The summed E-state index contributed by atoms with van der Waals surface area (Å²) in [6.45, 7) is 2.88. The summed E-state index contributed by atoms with van der Waals surface area (Å²) in [7, 11) is 0. The molecule has 0 radical (unpaired) electrons. The lowest BCUT2D eigenvalue weighted by molar-refractivity contribution is 0.0552. The normalized spacial score (nSPS) is 12.8. The van der Waals surface area contributed by atoms with Crippen LogP contribution < -0.4 is 5.73 Å². The largest absolute Gasteiger partial charge is 0.359 e. The Morgan fingerprint density at radius 3 is 2.62 bits per heavy atom. The Kier molecular flexibility index (Phi) is 4.50. The first kappa shape index (κ1) is 10.2. The molecule has 2 N–H and O–H groups in total. The summed E-state index contributed by atoms with van der Waals surface area (Å²) in [5, 5.41) is 0. The molecule has 0 aliphatic rings. The van der Waals surface area contributed by atoms with Gasteiger partial charge in [0.2, 0.25) is 0 Å². The number of ether oxygens (including phenoxy) is 1. The zero-order valence-corrected chi connectivity index (χ0v) is 8.07. The Bertz CT molecular complexity index is 223. The van der Waals surface area contributed by atoms with Crippen LogP contribution in [0.1, 0.15) is 31.6 Å².